The first-order valence-electron chi connectivity index (χ1n) is 5.27. The summed E-state index contributed by atoms with van der Waals surface area (Å²) < 4.78 is 24.9. The lowest BCUT2D eigenvalue weighted by Gasteiger charge is -2.14. The molecule has 2 N–H and O–H groups in total. The first-order valence-corrected chi connectivity index (χ1v) is 7.95. The van der Waals surface area contributed by atoms with E-state index in [1.54, 1.807) is 18.2 Å². The van der Waals surface area contributed by atoms with Crippen molar-refractivity contribution in [2.45, 2.75) is 19.9 Å². The number of carbonyl (C=O) groups excluding carboxylic acids is 1. The molecule has 0 aliphatic heterocycles. The molecule has 7 heteroatoms. The van der Waals surface area contributed by atoms with Crippen LogP contribution in [0, 0.1) is 0 Å². The molecule has 0 fully saturated rings. The van der Waals surface area contributed by atoms with Gasteiger partial charge in [-0.1, -0.05) is 15.9 Å². The van der Waals surface area contributed by atoms with Crippen molar-refractivity contribution in [1.82, 2.24) is 4.72 Å². The molecule has 1 rings (SSSR count). The van der Waals surface area contributed by atoms with Crippen molar-refractivity contribution in [3.8, 4) is 0 Å². The highest BCUT2D eigenvalue weighted by atomic mass is 79.9. The first-order chi connectivity index (χ1) is 8.19. The third-order valence-corrected chi connectivity index (χ3v) is 3.00. The Morgan fingerprint density at radius 1 is 1.33 bits per heavy atom. The highest BCUT2D eigenvalue weighted by Gasteiger charge is 2.15. The van der Waals surface area contributed by atoms with Gasteiger partial charge in [0.1, 0.15) is 0 Å². The number of rotatable bonds is 4. The van der Waals surface area contributed by atoms with E-state index in [1.165, 1.54) is 0 Å². The number of carbonyl (C=O) groups is 1. The fourth-order valence-electron chi connectivity index (χ4n) is 1.37. The second kappa shape index (κ2) is 5.71. The average Bonchev–Trinajstić information content (AvgIpc) is 2.13. The van der Waals surface area contributed by atoms with Crippen LogP contribution in [0.1, 0.15) is 24.2 Å². The van der Waals surface area contributed by atoms with Gasteiger partial charge in [-0.05, 0) is 32.0 Å². The van der Waals surface area contributed by atoms with Gasteiger partial charge in [0.15, 0.2) is 0 Å². The molecule has 1 aromatic carbocycles. The summed E-state index contributed by atoms with van der Waals surface area (Å²) in [7, 11) is -3.57. The Bertz CT molecular complexity index is 555. The van der Waals surface area contributed by atoms with Gasteiger partial charge in [0.25, 0.3) is 5.91 Å². The molecule has 0 aliphatic carbocycles. The molecule has 0 bridgehead atoms. The van der Waals surface area contributed by atoms with Crippen LogP contribution in [0.5, 0.6) is 0 Å². The van der Waals surface area contributed by atoms with E-state index in [-0.39, 0.29) is 11.6 Å². The number of benzene rings is 1. The second-order valence-electron chi connectivity index (χ2n) is 4.19. The molecule has 0 spiro atoms. The largest absolute Gasteiger partial charge is 0.382 e. The van der Waals surface area contributed by atoms with E-state index in [1.807, 2.05) is 18.6 Å². The Kier molecular flexibility index (Phi) is 4.75. The van der Waals surface area contributed by atoms with Gasteiger partial charge in [-0.25, -0.2) is 13.1 Å². The van der Waals surface area contributed by atoms with E-state index >= 15 is 0 Å². The van der Waals surface area contributed by atoms with Gasteiger partial charge in [0.2, 0.25) is 10.0 Å². The number of hydrogen-bond acceptors (Lipinski definition) is 4. The van der Waals surface area contributed by atoms with Gasteiger partial charge >= 0.3 is 0 Å². The number of sulfonamides is 1. The van der Waals surface area contributed by atoms with Crippen LogP contribution in [0.15, 0.2) is 22.7 Å². The molecule has 0 saturated heterocycles. The summed E-state index contributed by atoms with van der Waals surface area (Å²) in [5.41, 5.74) is 0.873. The molecular formula is C11H15BrN2O3S. The normalized spacial score (nSPS) is 11.4. The van der Waals surface area contributed by atoms with Crippen LogP contribution >= 0.6 is 15.9 Å². The number of amides is 1. The Morgan fingerprint density at radius 2 is 1.94 bits per heavy atom. The van der Waals surface area contributed by atoms with Gasteiger partial charge in [-0.15, -0.1) is 0 Å². The number of halogens is 1. The Morgan fingerprint density at radius 3 is 2.44 bits per heavy atom. The van der Waals surface area contributed by atoms with Crippen molar-refractivity contribution >= 4 is 37.5 Å². The van der Waals surface area contributed by atoms with Gasteiger partial charge in [-0.3, -0.25) is 4.79 Å². The lowest BCUT2D eigenvalue weighted by atomic mass is 10.1. The third kappa shape index (κ3) is 4.66. The smallest absolute Gasteiger partial charge is 0.266 e. The topological polar surface area (TPSA) is 75.3 Å². The molecule has 0 atom stereocenters. The van der Waals surface area contributed by atoms with Crippen LogP contribution < -0.4 is 10.0 Å². The van der Waals surface area contributed by atoms with Gasteiger partial charge < -0.3 is 5.32 Å². The van der Waals surface area contributed by atoms with Crippen molar-refractivity contribution in [2.24, 2.45) is 0 Å². The second-order valence-corrected chi connectivity index (χ2v) is 6.86. The predicted octanol–water partition coefficient (Wildman–Crippen LogP) is 1.96. The number of nitrogens with one attached hydrogen (secondary N) is 2. The van der Waals surface area contributed by atoms with E-state index in [9.17, 15) is 13.2 Å². The van der Waals surface area contributed by atoms with Crippen molar-refractivity contribution < 1.29 is 13.2 Å². The molecule has 0 radical (unpaired) electrons. The zero-order valence-electron chi connectivity index (χ0n) is 10.3. The van der Waals surface area contributed by atoms with Gasteiger partial charge in [0.05, 0.1) is 11.8 Å². The molecule has 1 aromatic rings. The van der Waals surface area contributed by atoms with E-state index in [2.05, 4.69) is 21.2 Å². The van der Waals surface area contributed by atoms with Crippen molar-refractivity contribution in [3.63, 3.8) is 0 Å². The molecule has 18 heavy (non-hydrogen) atoms. The predicted molar refractivity (Wildman–Crippen MR) is 75.2 cm³/mol. The van der Waals surface area contributed by atoms with Crippen molar-refractivity contribution in [2.75, 3.05) is 11.6 Å². The summed E-state index contributed by atoms with van der Waals surface area (Å²) in [5, 5.41) is 3.10. The van der Waals surface area contributed by atoms with Crippen molar-refractivity contribution in [3.05, 3.63) is 28.2 Å². The first kappa shape index (κ1) is 15.0. The highest BCUT2D eigenvalue weighted by molar-refractivity contribution is 9.10. The third-order valence-electron chi connectivity index (χ3n) is 1.95. The van der Waals surface area contributed by atoms with Gasteiger partial charge in [0, 0.05) is 16.2 Å². The molecule has 0 aromatic heterocycles. The Balaban J connectivity index is 3.11. The molecule has 1 amide bonds. The summed E-state index contributed by atoms with van der Waals surface area (Å²) in [6.45, 7) is 3.86. The van der Waals surface area contributed by atoms with E-state index in [0.717, 1.165) is 10.7 Å². The minimum absolute atomic E-state index is 0.129. The van der Waals surface area contributed by atoms with Crippen molar-refractivity contribution in [1.29, 1.82) is 0 Å². The fraction of sp³-hybridized carbons (Fsp3) is 0.364. The van der Waals surface area contributed by atoms with E-state index < -0.39 is 15.9 Å². The summed E-state index contributed by atoms with van der Waals surface area (Å²) in [5.74, 6) is -0.645. The summed E-state index contributed by atoms with van der Waals surface area (Å²) >= 11 is 3.31. The highest BCUT2D eigenvalue weighted by Crippen LogP contribution is 2.22. The molecular weight excluding hydrogens is 320 g/mol. The Labute approximate surface area is 115 Å². The minimum Gasteiger partial charge on any atom is -0.382 e. The standard InChI is InChI=1S/C11H15BrN2O3S/c1-7(2)13-10-6-8(12)4-5-9(10)11(15)14-18(3,16)17/h4-7,13H,1-3H3,(H,14,15). The van der Waals surface area contributed by atoms with Gasteiger partial charge in [-0.2, -0.15) is 0 Å². The van der Waals surface area contributed by atoms with Crippen LogP contribution in [0.25, 0.3) is 0 Å². The minimum atomic E-state index is -3.57. The maximum atomic E-state index is 11.8. The summed E-state index contributed by atoms with van der Waals surface area (Å²) in [6.07, 6.45) is 0.944. The lowest BCUT2D eigenvalue weighted by molar-refractivity contribution is 0.0982. The van der Waals surface area contributed by atoms with E-state index in [4.69, 9.17) is 0 Å². The zero-order chi connectivity index (χ0) is 13.9. The fourth-order valence-corrected chi connectivity index (χ4v) is 2.18. The van der Waals surface area contributed by atoms with Crippen LogP contribution in [0.4, 0.5) is 5.69 Å². The summed E-state index contributed by atoms with van der Waals surface area (Å²) in [6, 6.07) is 5.11. The maximum absolute atomic E-state index is 11.8. The molecule has 100 valence electrons. The lowest BCUT2D eigenvalue weighted by Crippen LogP contribution is -2.30. The molecule has 0 aliphatic rings. The van der Waals surface area contributed by atoms with Crippen LogP contribution in [0.3, 0.4) is 0 Å². The van der Waals surface area contributed by atoms with E-state index in [0.29, 0.717) is 5.69 Å². The molecule has 0 unspecified atom stereocenters. The molecule has 5 nitrogen and oxygen atoms in total. The molecule has 0 saturated carbocycles. The zero-order valence-corrected chi connectivity index (χ0v) is 12.7. The average molecular weight is 335 g/mol. The Hall–Kier alpha value is -1.08. The van der Waals surface area contributed by atoms with Crippen LogP contribution in [-0.4, -0.2) is 26.6 Å². The number of anilines is 1. The SMILES string of the molecule is CC(C)Nc1cc(Br)ccc1C(=O)NS(C)(=O)=O. The quantitative estimate of drug-likeness (QED) is 0.882. The van der Waals surface area contributed by atoms with Crippen LogP contribution in [-0.2, 0) is 10.0 Å². The monoisotopic (exact) mass is 334 g/mol. The maximum Gasteiger partial charge on any atom is 0.266 e. The van der Waals surface area contributed by atoms with Crippen LogP contribution in [0.2, 0.25) is 0 Å². The summed E-state index contributed by atoms with van der Waals surface area (Å²) in [4.78, 5) is 11.8. The number of hydrogen-bond donors (Lipinski definition) is 2. The molecule has 0 heterocycles.